The van der Waals surface area contributed by atoms with Crippen molar-refractivity contribution in [2.45, 2.75) is 31.7 Å². The largest absolute Gasteiger partial charge is 0.497 e. The fraction of sp³-hybridized carbons (Fsp3) is 0.308. The number of carboxylic acid groups (broad SMARTS) is 1. The number of aliphatic carboxylic acids is 1. The number of nitrogens with zero attached hydrogens (tertiary/aromatic N) is 3. The van der Waals surface area contributed by atoms with Gasteiger partial charge in [-0.2, -0.15) is 5.10 Å². The highest BCUT2D eigenvalue weighted by Crippen LogP contribution is 2.39. The maximum atomic E-state index is 13.2. The third-order valence-corrected chi connectivity index (χ3v) is 6.30. The van der Waals surface area contributed by atoms with E-state index in [0.717, 1.165) is 10.9 Å². The van der Waals surface area contributed by atoms with Crippen LogP contribution in [0.5, 0.6) is 17.2 Å². The normalized spacial score (nSPS) is 15.1. The Morgan fingerprint density at radius 1 is 1.06 bits per heavy atom. The highest BCUT2D eigenvalue weighted by atomic mass is 35.5. The molecule has 1 atom stereocenters. The Kier molecular flexibility index (Phi) is 7.59. The van der Waals surface area contributed by atoms with E-state index in [0.29, 0.717) is 40.5 Å². The molecule has 0 saturated carbocycles. The highest BCUT2D eigenvalue weighted by Gasteiger charge is 2.35. The van der Waals surface area contributed by atoms with E-state index < -0.39 is 12.0 Å². The molecular weight excluding hydrogens is 486 g/mol. The molecule has 0 bridgehead atoms. The van der Waals surface area contributed by atoms with Gasteiger partial charge in [-0.25, -0.2) is 9.99 Å². The van der Waals surface area contributed by atoms with Gasteiger partial charge < -0.3 is 19.3 Å². The first-order valence-electron chi connectivity index (χ1n) is 11.3. The minimum absolute atomic E-state index is 0.0352. The number of amides is 1. The molecule has 0 unspecified atom stereocenters. The van der Waals surface area contributed by atoms with Crippen molar-refractivity contribution in [1.82, 2.24) is 9.99 Å². The Balaban J connectivity index is 1.75. The van der Waals surface area contributed by atoms with Crippen LogP contribution >= 0.6 is 11.6 Å². The van der Waals surface area contributed by atoms with Gasteiger partial charge in [0.05, 0.1) is 33.1 Å². The lowest BCUT2D eigenvalue weighted by Gasteiger charge is -2.23. The molecule has 9 nitrogen and oxygen atoms in total. The summed E-state index contributed by atoms with van der Waals surface area (Å²) in [5.41, 5.74) is 2.64. The van der Waals surface area contributed by atoms with Crippen molar-refractivity contribution in [1.29, 1.82) is 0 Å². The van der Waals surface area contributed by atoms with Gasteiger partial charge in [0.15, 0.2) is 0 Å². The van der Waals surface area contributed by atoms with Crippen LogP contribution in [0, 0.1) is 0 Å². The predicted octanol–water partition coefficient (Wildman–Crippen LogP) is 4.85. The lowest BCUT2D eigenvalue weighted by molar-refractivity contribution is -0.137. The van der Waals surface area contributed by atoms with Crippen molar-refractivity contribution >= 4 is 40.1 Å². The summed E-state index contributed by atoms with van der Waals surface area (Å²) in [6, 6.07) is 12.3. The van der Waals surface area contributed by atoms with Crippen molar-refractivity contribution in [2.24, 2.45) is 5.10 Å². The number of benzene rings is 2. The number of ether oxygens (including phenoxy) is 3. The second-order valence-electron chi connectivity index (χ2n) is 8.25. The quantitative estimate of drug-likeness (QED) is 0.409. The van der Waals surface area contributed by atoms with Crippen molar-refractivity contribution < 1.29 is 28.9 Å². The number of pyridine rings is 1. The van der Waals surface area contributed by atoms with E-state index in [9.17, 15) is 9.59 Å². The second-order valence-corrected chi connectivity index (χ2v) is 8.61. The van der Waals surface area contributed by atoms with Crippen LogP contribution in [0.4, 0.5) is 0 Å². The summed E-state index contributed by atoms with van der Waals surface area (Å²) in [6.07, 6.45) is 0.507. The van der Waals surface area contributed by atoms with Crippen LogP contribution in [-0.4, -0.2) is 54.0 Å². The Labute approximate surface area is 213 Å². The first-order chi connectivity index (χ1) is 17.3. The Morgan fingerprint density at radius 2 is 1.78 bits per heavy atom. The number of halogens is 1. The smallest absolute Gasteiger partial charge is 0.303 e. The average Bonchev–Trinajstić information content (AvgIpc) is 3.32. The molecule has 3 aromatic rings. The molecule has 4 rings (SSSR count). The number of para-hydroxylation sites is 1. The summed E-state index contributed by atoms with van der Waals surface area (Å²) >= 11 is 6.64. The maximum absolute atomic E-state index is 13.2. The topological polar surface area (TPSA) is 111 Å². The van der Waals surface area contributed by atoms with Crippen molar-refractivity contribution in [3.05, 3.63) is 58.7 Å². The van der Waals surface area contributed by atoms with Gasteiger partial charge in [0.1, 0.15) is 27.9 Å². The highest BCUT2D eigenvalue weighted by molar-refractivity contribution is 6.30. The lowest BCUT2D eigenvalue weighted by atomic mass is 9.97. The van der Waals surface area contributed by atoms with Crippen LogP contribution in [0.25, 0.3) is 10.9 Å². The Hall–Kier alpha value is -3.85. The summed E-state index contributed by atoms with van der Waals surface area (Å²) in [5.74, 6) is 0.520. The molecule has 2 aromatic carbocycles. The molecular formula is C26H26ClN3O6. The number of hydrogen-bond donors (Lipinski definition) is 1. The maximum Gasteiger partial charge on any atom is 0.303 e. The number of carbonyl (C=O) groups is 2. The summed E-state index contributed by atoms with van der Waals surface area (Å²) in [6.45, 7) is 0. The molecule has 1 aliphatic heterocycles. The average molecular weight is 512 g/mol. The van der Waals surface area contributed by atoms with Crippen molar-refractivity contribution in [2.75, 3.05) is 21.3 Å². The van der Waals surface area contributed by atoms with Crippen LogP contribution in [0.1, 0.15) is 42.9 Å². The Bertz CT molecular complexity index is 1320. The van der Waals surface area contributed by atoms with Gasteiger partial charge in [-0.1, -0.05) is 23.7 Å². The van der Waals surface area contributed by atoms with Gasteiger partial charge in [-0.15, -0.1) is 0 Å². The zero-order valence-electron chi connectivity index (χ0n) is 20.2. The molecule has 0 aliphatic carbocycles. The molecule has 1 amide bonds. The van der Waals surface area contributed by atoms with Crippen molar-refractivity contribution in [3.63, 3.8) is 0 Å². The van der Waals surface area contributed by atoms with Crippen LogP contribution in [-0.2, 0) is 9.59 Å². The van der Waals surface area contributed by atoms with E-state index in [1.165, 1.54) is 5.01 Å². The van der Waals surface area contributed by atoms with E-state index in [4.69, 9.17) is 30.9 Å². The third kappa shape index (κ3) is 5.21. The van der Waals surface area contributed by atoms with Gasteiger partial charge in [0.25, 0.3) is 0 Å². The van der Waals surface area contributed by atoms with Crippen LogP contribution in [0.3, 0.4) is 0 Å². The van der Waals surface area contributed by atoms with Gasteiger partial charge in [-0.3, -0.25) is 9.59 Å². The molecule has 0 saturated heterocycles. The monoisotopic (exact) mass is 511 g/mol. The van der Waals surface area contributed by atoms with Gasteiger partial charge in [0, 0.05) is 41.8 Å². The van der Waals surface area contributed by atoms with Gasteiger partial charge in [-0.05, 0) is 30.7 Å². The minimum atomic E-state index is -0.954. The minimum Gasteiger partial charge on any atom is -0.497 e. The molecule has 2 heterocycles. The standard InChI is InChI=1S/C26H26ClN3O6/c1-34-17-10-16(11-18(13-17)35-2)20-14-21(30(29-20)23(31)8-5-9-24(32)33)19-12-15-6-4-7-22(36-3)25(15)28-26(19)27/h4,6-7,10-13,21H,5,8-9,14H2,1-3H3,(H,32,33)/t21-/m1/s1. The zero-order valence-corrected chi connectivity index (χ0v) is 20.9. The first-order valence-corrected chi connectivity index (χ1v) is 11.7. The fourth-order valence-electron chi connectivity index (χ4n) is 4.20. The SMILES string of the molecule is COc1cc(OC)cc(C2=NN(C(=O)CCCC(=O)O)[C@@H](c3cc4cccc(OC)c4nc3Cl)C2)c1. The van der Waals surface area contributed by atoms with E-state index in [1.807, 2.05) is 30.3 Å². The van der Waals surface area contributed by atoms with Gasteiger partial charge in [0.2, 0.25) is 5.91 Å². The van der Waals surface area contributed by atoms with Crippen LogP contribution in [0.2, 0.25) is 5.15 Å². The zero-order chi connectivity index (χ0) is 25.8. The first kappa shape index (κ1) is 25.2. The third-order valence-electron chi connectivity index (χ3n) is 6.00. The molecule has 1 aliphatic rings. The van der Waals surface area contributed by atoms with E-state index in [2.05, 4.69) is 10.1 Å². The van der Waals surface area contributed by atoms with Gasteiger partial charge >= 0.3 is 5.97 Å². The van der Waals surface area contributed by atoms with Crippen molar-refractivity contribution in [3.8, 4) is 17.2 Å². The molecule has 36 heavy (non-hydrogen) atoms. The van der Waals surface area contributed by atoms with Crippen LogP contribution < -0.4 is 14.2 Å². The predicted molar refractivity (Wildman–Crippen MR) is 135 cm³/mol. The number of carbonyl (C=O) groups excluding carboxylic acids is 1. The summed E-state index contributed by atoms with van der Waals surface area (Å²) < 4.78 is 16.2. The number of carboxylic acids is 1. The molecule has 0 fully saturated rings. The lowest BCUT2D eigenvalue weighted by Crippen LogP contribution is -2.27. The second kappa shape index (κ2) is 10.8. The molecule has 10 heteroatoms. The number of rotatable bonds is 9. The van der Waals surface area contributed by atoms with E-state index >= 15 is 0 Å². The van der Waals surface area contributed by atoms with Crippen LogP contribution in [0.15, 0.2) is 47.6 Å². The molecule has 1 aromatic heterocycles. The number of methoxy groups -OCH3 is 3. The molecule has 188 valence electrons. The number of hydrogen-bond acceptors (Lipinski definition) is 7. The summed E-state index contributed by atoms with van der Waals surface area (Å²) in [4.78, 5) is 28.7. The van der Waals surface area contributed by atoms with E-state index in [-0.39, 0.29) is 30.3 Å². The van der Waals surface area contributed by atoms with E-state index in [1.54, 1.807) is 33.5 Å². The molecule has 0 radical (unpaired) electrons. The number of hydrazone groups is 1. The number of aromatic nitrogens is 1. The fourth-order valence-corrected chi connectivity index (χ4v) is 4.47. The Morgan fingerprint density at radius 3 is 2.42 bits per heavy atom. The summed E-state index contributed by atoms with van der Waals surface area (Å²) in [7, 11) is 4.69. The molecule has 0 spiro atoms. The molecule has 1 N–H and O–H groups in total. The summed E-state index contributed by atoms with van der Waals surface area (Å²) in [5, 5.41) is 16.1. The number of fused-ring (bicyclic) bond motifs is 1.